The highest BCUT2D eigenvalue weighted by Crippen LogP contribution is 2.19. The summed E-state index contributed by atoms with van der Waals surface area (Å²) in [6.07, 6.45) is 3.21. The Bertz CT molecular complexity index is 285. The van der Waals surface area contributed by atoms with Gasteiger partial charge in [0, 0.05) is 4.90 Å². The van der Waals surface area contributed by atoms with E-state index >= 15 is 0 Å². The molecule has 0 aliphatic carbocycles. The zero-order valence-electron chi connectivity index (χ0n) is 8.94. The molecule has 0 radical (unpaired) electrons. The number of carbonyl (C=O) groups is 1. The number of thioether (sulfide) groups is 1. The van der Waals surface area contributed by atoms with E-state index < -0.39 is 0 Å². The van der Waals surface area contributed by atoms with Gasteiger partial charge in [-0.1, -0.05) is 38.0 Å². The van der Waals surface area contributed by atoms with Gasteiger partial charge < -0.3 is 4.74 Å². The summed E-state index contributed by atoms with van der Waals surface area (Å²) in [5.41, 5.74) is 0. The van der Waals surface area contributed by atoms with Gasteiger partial charge in [-0.05, 0) is 30.3 Å². The van der Waals surface area contributed by atoms with Crippen molar-refractivity contribution in [2.45, 2.75) is 31.1 Å². The molecule has 0 fully saturated rings. The largest absolute Gasteiger partial charge is 0.457 e. The molecule has 0 unspecified atom stereocenters. The predicted octanol–water partition coefficient (Wildman–Crippen LogP) is 4.11. The standard InChI is InChI=1S/C12H16O2S/c1-2-3-7-10-14-12(13)15-11-8-5-4-6-9-11/h4-6,8-9H,2-3,7,10H2,1H3. The van der Waals surface area contributed by atoms with Crippen LogP contribution in [0, 0.1) is 0 Å². The third kappa shape index (κ3) is 5.47. The summed E-state index contributed by atoms with van der Waals surface area (Å²) in [5, 5.41) is -0.211. The Morgan fingerprint density at radius 2 is 2.00 bits per heavy atom. The van der Waals surface area contributed by atoms with Crippen LogP contribution >= 0.6 is 11.8 Å². The zero-order chi connectivity index (χ0) is 10.9. The fraction of sp³-hybridized carbons (Fsp3) is 0.417. The van der Waals surface area contributed by atoms with E-state index in [2.05, 4.69) is 6.92 Å². The second-order valence-corrected chi connectivity index (χ2v) is 4.23. The average Bonchev–Trinajstić information content (AvgIpc) is 2.26. The summed E-state index contributed by atoms with van der Waals surface area (Å²) in [4.78, 5) is 12.2. The molecule has 0 atom stereocenters. The first kappa shape index (κ1) is 12.1. The van der Waals surface area contributed by atoms with Crippen LogP contribution in [0.4, 0.5) is 4.79 Å². The van der Waals surface area contributed by atoms with E-state index in [1.807, 2.05) is 30.3 Å². The minimum Gasteiger partial charge on any atom is -0.457 e. The summed E-state index contributed by atoms with van der Waals surface area (Å²) >= 11 is 1.14. The number of benzene rings is 1. The van der Waals surface area contributed by atoms with Crippen molar-refractivity contribution in [3.8, 4) is 0 Å². The van der Waals surface area contributed by atoms with Crippen LogP contribution in [0.3, 0.4) is 0 Å². The van der Waals surface area contributed by atoms with Gasteiger partial charge in [-0.15, -0.1) is 0 Å². The van der Waals surface area contributed by atoms with Gasteiger partial charge in [-0.2, -0.15) is 0 Å². The van der Waals surface area contributed by atoms with Gasteiger partial charge in [0.15, 0.2) is 0 Å². The predicted molar refractivity (Wildman–Crippen MR) is 63.2 cm³/mol. The highest BCUT2D eigenvalue weighted by molar-refractivity contribution is 8.13. The summed E-state index contributed by atoms with van der Waals surface area (Å²) in [6, 6.07) is 9.55. The molecule has 82 valence electrons. The number of rotatable bonds is 5. The molecular formula is C12H16O2S. The number of hydrogen-bond donors (Lipinski definition) is 0. The molecule has 1 rings (SSSR count). The molecule has 0 saturated heterocycles. The molecule has 0 aliphatic heterocycles. The SMILES string of the molecule is CCCCCOC(=O)Sc1ccccc1. The minimum absolute atomic E-state index is 0.211. The minimum atomic E-state index is -0.211. The molecule has 0 aliphatic rings. The van der Waals surface area contributed by atoms with Crippen LogP contribution in [0.1, 0.15) is 26.2 Å². The van der Waals surface area contributed by atoms with E-state index in [9.17, 15) is 4.79 Å². The van der Waals surface area contributed by atoms with Crippen LogP contribution in [0.25, 0.3) is 0 Å². The van der Waals surface area contributed by atoms with Crippen molar-refractivity contribution < 1.29 is 9.53 Å². The van der Waals surface area contributed by atoms with Crippen LogP contribution in [0.2, 0.25) is 0 Å². The zero-order valence-corrected chi connectivity index (χ0v) is 9.76. The maximum absolute atomic E-state index is 11.3. The summed E-state index contributed by atoms with van der Waals surface area (Å²) in [6.45, 7) is 2.66. The number of carbonyl (C=O) groups excluding carboxylic acids is 1. The molecule has 0 amide bonds. The molecule has 1 aromatic carbocycles. The lowest BCUT2D eigenvalue weighted by Crippen LogP contribution is -1.99. The molecule has 0 N–H and O–H groups in total. The maximum Gasteiger partial charge on any atom is 0.372 e. The fourth-order valence-electron chi connectivity index (χ4n) is 1.12. The Morgan fingerprint density at radius 1 is 1.27 bits per heavy atom. The summed E-state index contributed by atoms with van der Waals surface area (Å²) < 4.78 is 5.07. The lowest BCUT2D eigenvalue weighted by molar-refractivity contribution is 0.172. The van der Waals surface area contributed by atoms with Crippen LogP contribution in [-0.4, -0.2) is 11.9 Å². The number of unbranched alkanes of at least 4 members (excludes halogenated alkanes) is 2. The molecule has 3 heteroatoms. The highest BCUT2D eigenvalue weighted by atomic mass is 32.2. The molecule has 15 heavy (non-hydrogen) atoms. The van der Waals surface area contributed by atoms with Crippen molar-refractivity contribution in [2.75, 3.05) is 6.61 Å². The van der Waals surface area contributed by atoms with E-state index in [1.54, 1.807) is 0 Å². The first-order chi connectivity index (χ1) is 7.33. The molecule has 1 aromatic rings. The second-order valence-electron chi connectivity index (χ2n) is 3.22. The van der Waals surface area contributed by atoms with Gasteiger partial charge in [0.2, 0.25) is 0 Å². The maximum atomic E-state index is 11.3. The summed E-state index contributed by atoms with van der Waals surface area (Å²) in [5.74, 6) is 0. The van der Waals surface area contributed by atoms with Gasteiger partial charge in [0.25, 0.3) is 0 Å². The molecule has 0 heterocycles. The van der Waals surface area contributed by atoms with Crippen LogP contribution < -0.4 is 0 Å². The van der Waals surface area contributed by atoms with E-state index in [1.165, 1.54) is 0 Å². The smallest absolute Gasteiger partial charge is 0.372 e. The molecule has 0 aromatic heterocycles. The Labute approximate surface area is 95.0 Å². The topological polar surface area (TPSA) is 26.3 Å². The number of ether oxygens (including phenoxy) is 1. The molecular weight excluding hydrogens is 208 g/mol. The third-order valence-corrected chi connectivity index (χ3v) is 2.70. The van der Waals surface area contributed by atoms with Crippen molar-refractivity contribution in [3.05, 3.63) is 30.3 Å². The van der Waals surface area contributed by atoms with Gasteiger partial charge >= 0.3 is 5.30 Å². The Balaban J connectivity index is 2.19. The fourth-order valence-corrected chi connectivity index (χ4v) is 1.75. The van der Waals surface area contributed by atoms with Crippen LogP contribution in [0.5, 0.6) is 0 Å². The van der Waals surface area contributed by atoms with Crippen molar-refractivity contribution in [3.63, 3.8) is 0 Å². The van der Waals surface area contributed by atoms with E-state index in [0.717, 1.165) is 35.9 Å². The molecule has 2 nitrogen and oxygen atoms in total. The van der Waals surface area contributed by atoms with Gasteiger partial charge in [-0.3, -0.25) is 0 Å². The number of hydrogen-bond acceptors (Lipinski definition) is 3. The van der Waals surface area contributed by atoms with Gasteiger partial charge in [0.05, 0.1) is 6.61 Å². The first-order valence-corrected chi connectivity index (χ1v) is 6.04. The third-order valence-electron chi connectivity index (χ3n) is 1.91. The summed E-state index contributed by atoms with van der Waals surface area (Å²) in [7, 11) is 0. The molecule has 0 saturated carbocycles. The van der Waals surface area contributed by atoms with Gasteiger partial charge in [0.1, 0.15) is 0 Å². The van der Waals surface area contributed by atoms with E-state index in [-0.39, 0.29) is 5.30 Å². The first-order valence-electron chi connectivity index (χ1n) is 5.22. The normalized spacial score (nSPS) is 9.93. The van der Waals surface area contributed by atoms with Crippen molar-refractivity contribution >= 4 is 17.1 Å². The van der Waals surface area contributed by atoms with Crippen LogP contribution in [-0.2, 0) is 4.74 Å². The van der Waals surface area contributed by atoms with Gasteiger partial charge in [-0.25, -0.2) is 4.79 Å². The van der Waals surface area contributed by atoms with Crippen molar-refractivity contribution in [2.24, 2.45) is 0 Å². The highest BCUT2D eigenvalue weighted by Gasteiger charge is 2.04. The van der Waals surface area contributed by atoms with E-state index in [4.69, 9.17) is 4.74 Å². The second kappa shape index (κ2) is 7.35. The monoisotopic (exact) mass is 224 g/mol. The lowest BCUT2D eigenvalue weighted by atomic mass is 10.3. The molecule has 0 bridgehead atoms. The van der Waals surface area contributed by atoms with E-state index in [0.29, 0.717) is 6.61 Å². The van der Waals surface area contributed by atoms with Crippen LogP contribution in [0.15, 0.2) is 35.2 Å². The Hall–Kier alpha value is -0.960. The Morgan fingerprint density at radius 3 is 2.67 bits per heavy atom. The molecule has 0 spiro atoms. The quantitative estimate of drug-likeness (QED) is 0.428. The van der Waals surface area contributed by atoms with Crippen molar-refractivity contribution in [1.82, 2.24) is 0 Å². The Kier molecular flexibility index (Phi) is 5.93. The average molecular weight is 224 g/mol. The van der Waals surface area contributed by atoms with Crippen molar-refractivity contribution in [1.29, 1.82) is 0 Å². The lowest BCUT2D eigenvalue weighted by Gasteiger charge is -2.03.